The third-order valence-electron chi connectivity index (χ3n) is 3.09. The van der Waals surface area contributed by atoms with Gasteiger partial charge in [0, 0.05) is 13.1 Å². The third kappa shape index (κ3) is 5.10. The molecule has 0 saturated carbocycles. The number of aromatic nitrogens is 1. The summed E-state index contributed by atoms with van der Waals surface area (Å²) in [6.07, 6.45) is 1.62. The molecular weight excluding hydrogens is 335 g/mol. The number of rotatable bonds is 6. The van der Waals surface area contributed by atoms with Gasteiger partial charge in [0.1, 0.15) is 5.69 Å². The molecule has 1 heterocycles. The van der Waals surface area contributed by atoms with Gasteiger partial charge in [0.25, 0.3) is 5.91 Å². The lowest BCUT2D eigenvalue weighted by Crippen LogP contribution is -2.21. The number of nitrogens with one attached hydrogen (secondary N) is 2. The third-order valence-corrected chi connectivity index (χ3v) is 3.72. The van der Waals surface area contributed by atoms with E-state index >= 15 is 0 Å². The van der Waals surface area contributed by atoms with Crippen LogP contribution in [0.4, 0.5) is 11.4 Å². The van der Waals surface area contributed by atoms with Crippen LogP contribution in [0.2, 0.25) is 10.0 Å². The van der Waals surface area contributed by atoms with Crippen LogP contribution in [-0.4, -0.2) is 43.0 Å². The van der Waals surface area contributed by atoms with Crippen LogP contribution in [0.3, 0.4) is 0 Å². The van der Waals surface area contributed by atoms with E-state index in [0.29, 0.717) is 21.4 Å². The van der Waals surface area contributed by atoms with Gasteiger partial charge in [-0.05, 0) is 38.4 Å². The van der Waals surface area contributed by atoms with Crippen molar-refractivity contribution in [2.24, 2.45) is 0 Å². The van der Waals surface area contributed by atoms with Gasteiger partial charge >= 0.3 is 0 Å². The molecule has 0 aliphatic rings. The molecule has 0 unspecified atom stereocenters. The molecule has 2 rings (SSSR count). The average molecular weight is 353 g/mol. The van der Waals surface area contributed by atoms with E-state index in [1.54, 1.807) is 30.5 Å². The second-order valence-corrected chi connectivity index (χ2v) is 6.03. The molecule has 122 valence electrons. The smallest absolute Gasteiger partial charge is 0.274 e. The summed E-state index contributed by atoms with van der Waals surface area (Å²) in [4.78, 5) is 18.5. The number of pyridine rings is 1. The minimum absolute atomic E-state index is 0.291. The number of carbonyl (C=O) groups excluding carboxylic acids is 1. The summed E-state index contributed by atoms with van der Waals surface area (Å²) in [5.74, 6) is -0.361. The zero-order valence-electron chi connectivity index (χ0n) is 12.9. The fraction of sp³-hybridized carbons (Fsp3) is 0.250. The van der Waals surface area contributed by atoms with Crippen molar-refractivity contribution in [1.29, 1.82) is 0 Å². The summed E-state index contributed by atoms with van der Waals surface area (Å²) in [5, 5.41) is 6.68. The largest absolute Gasteiger partial charge is 0.383 e. The Morgan fingerprint density at radius 2 is 1.87 bits per heavy atom. The van der Waals surface area contributed by atoms with Crippen LogP contribution < -0.4 is 10.6 Å². The quantitative estimate of drug-likeness (QED) is 0.833. The van der Waals surface area contributed by atoms with Gasteiger partial charge in [0.2, 0.25) is 0 Å². The van der Waals surface area contributed by atoms with Crippen molar-refractivity contribution in [3.63, 3.8) is 0 Å². The van der Waals surface area contributed by atoms with Crippen molar-refractivity contribution in [3.8, 4) is 0 Å². The Labute approximate surface area is 145 Å². The summed E-state index contributed by atoms with van der Waals surface area (Å²) in [7, 11) is 4.01. The van der Waals surface area contributed by atoms with E-state index in [4.69, 9.17) is 23.2 Å². The van der Waals surface area contributed by atoms with Crippen LogP contribution in [-0.2, 0) is 0 Å². The van der Waals surface area contributed by atoms with Gasteiger partial charge in [-0.2, -0.15) is 0 Å². The number of halogens is 2. The monoisotopic (exact) mass is 352 g/mol. The first-order valence-electron chi connectivity index (χ1n) is 7.07. The Balaban J connectivity index is 2.00. The molecule has 2 aromatic rings. The molecule has 23 heavy (non-hydrogen) atoms. The summed E-state index contributed by atoms with van der Waals surface area (Å²) in [6, 6.07) is 8.50. The summed E-state index contributed by atoms with van der Waals surface area (Å²) >= 11 is 12.1. The number of benzene rings is 1. The van der Waals surface area contributed by atoms with Gasteiger partial charge in [0.05, 0.1) is 27.6 Å². The number of amides is 1. The van der Waals surface area contributed by atoms with Crippen molar-refractivity contribution in [2.45, 2.75) is 0 Å². The highest BCUT2D eigenvalue weighted by Crippen LogP contribution is 2.30. The van der Waals surface area contributed by atoms with Crippen LogP contribution in [0.5, 0.6) is 0 Å². The standard InChI is InChI=1S/C16H18Cl2N4O/c1-22(2)9-8-19-11-6-7-14(20-10-11)16(23)21-15-12(17)4-3-5-13(15)18/h3-7,10,19H,8-9H2,1-2H3,(H,21,23). The number of para-hydroxylation sites is 1. The molecule has 1 aromatic heterocycles. The Hall–Kier alpha value is -1.82. The van der Waals surface area contributed by atoms with Crippen LogP contribution >= 0.6 is 23.2 Å². The van der Waals surface area contributed by atoms with Crippen molar-refractivity contribution >= 4 is 40.5 Å². The molecule has 0 aliphatic heterocycles. The molecule has 0 spiro atoms. The van der Waals surface area contributed by atoms with Crippen LogP contribution in [0.15, 0.2) is 36.5 Å². The molecule has 0 fully saturated rings. The van der Waals surface area contributed by atoms with E-state index in [-0.39, 0.29) is 5.91 Å². The van der Waals surface area contributed by atoms with Crippen LogP contribution in [0.25, 0.3) is 0 Å². The summed E-state index contributed by atoms with van der Waals surface area (Å²) in [5.41, 5.74) is 1.54. The summed E-state index contributed by atoms with van der Waals surface area (Å²) < 4.78 is 0. The maximum atomic E-state index is 12.2. The Morgan fingerprint density at radius 3 is 2.43 bits per heavy atom. The van der Waals surface area contributed by atoms with Crippen molar-refractivity contribution in [2.75, 3.05) is 37.8 Å². The zero-order chi connectivity index (χ0) is 16.8. The normalized spacial score (nSPS) is 10.7. The molecule has 0 aliphatic carbocycles. The molecule has 5 nitrogen and oxygen atoms in total. The van der Waals surface area contributed by atoms with Crippen molar-refractivity contribution in [3.05, 3.63) is 52.3 Å². The Kier molecular flexibility index (Phi) is 6.21. The lowest BCUT2D eigenvalue weighted by atomic mass is 10.2. The van der Waals surface area contributed by atoms with Gasteiger partial charge in [-0.1, -0.05) is 29.3 Å². The first kappa shape index (κ1) is 17.5. The second-order valence-electron chi connectivity index (χ2n) is 5.21. The van der Waals surface area contributed by atoms with Gasteiger partial charge in [-0.25, -0.2) is 4.98 Å². The molecule has 0 saturated heterocycles. The van der Waals surface area contributed by atoms with Crippen molar-refractivity contribution < 1.29 is 4.79 Å². The minimum Gasteiger partial charge on any atom is -0.383 e. The van der Waals surface area contributed by atoms with E-state index in [1.165, 1.54) is 0 Å². The number of nitrogens with zero attached hydrogens (tertiary/aromatic N) is 2. The molecule has 1 amide bonds. The molecule has 0 atom stereocenters. The average Bonchev–Trinajstić information content (AvgIpc) is 2.51. The highest BCUT2D eigenvalue weighted by molar-refractivity contribution is 6.39. The lowest BCUT2D eigenvalue weighted by Gasteiger charge is -2.11. The van der Waals surface area contributed by atoms with Crippen molar-refractivity contribution in [1.82, 2.24) is 9.88 Å². The molecule has 7 heteroatoms. The van der Waals surface area contributed by atoms with Gasteiger partial charge in [-0.15, -0.1) is 0 Å². The highest BCUT2D eigenvalue weighted by Gasteiger charge is 2.12. The van der Waals surface area contributed by atoms with Gasteiger partial charge in [-0.3, -0.25) is 4.79 Å². The SMILES string of the molecule is CN(C)CCNc1ccc(C(=O)Nc2c(Cl)cccc2Cl)nc1. The fourth-order valence-electron chi connectivity index (χ4n) is 1.85. The van der Waals surface area contributed by atoms with E-state index in [0.717, 1.165) is 18.8 Å². The molecular formula is C16H18Cl2N4O. The fourth-order valence-corrected chi connectivity index (χ4v) is 2.34. The minimum atomic E-state index is -0.361. The van der Waals surface area contributed by atoms with Gasteiger partial charge < -0.3 is 15.5 Å². The molecule has 0 bridgehead atoms. The zero-order valence-corrected chi connectivity index (χ0v) is 14.4. The van der Waals surface area contributed by atoms with E-state index in [9.17, 15) is 4.79 Å². The number of carbonyl (C=O) groups is 1. The highest BCUT2D eigenvalue weighted by atomic mass is 35.5. The number of hydrogen-bond acceptors (Lipinski definition) is 4. The molecule has 2 N–H and O–H groups in total. The topological polar surface area (TPSA) is 57.3 Å². The van der Waals surface area contributed by atoms with Gasteiger partial charge in [0.15, 0.2) is 0 Å². The Bertz CT molecular complexity index is 654. The van der Waals surface area contributed by atoms with E-state index in [1.807, 2.05) is 20.2 Å². The second kappa shape index (κ2) is 8.15. The van der Waals surface area contributed by atoms with Crippen LogP contribution in [0, 0.1) is 0 Å². The number of likely N-dealkylation sites (N-methyl/N-ethyl adjacent to an activating group) is 1. The summed E-state index contributed by atoms with van der Waals surface area (Å²) in [6.45, 7) is 1.71. The number of hydrogen-bond donors (Lipinski definition) is 2. The van der Waals surface area contributed by atoms with E-state index < -0.39 is 0 Å². The first-order valence-corrected chi connectivity index (χ1v) is 7.83. The predicted octanol–water partition coefficient (Wildman–Crippen LogP) is 3.61. The van der Waals surface area contributed by atoms with Crippen LogP contribution in [0.1, 0.15) is 10.5 Å². The molecule has 1 aromatic carbocycles. The molecule has 0 radical (unpaired) electrons. The maximum absolute atomic E-state index is 12.2. The maximum Gasteiger partial charge on any atom is 0.274 e. The lowest BCUT2D eigenvalue weighted by molar-refractivity contribution is 0.102. The van der Waals surface area contributed by atoms with E-state index in [2.05, 4.69) is 20.5 Å². The number of anilines is 2. The Morgan fingerprint density at radius 1 is 1.17 bits per heavy atom. The predicted molar refractivity (Wildman–Crippen MR) is 95.7 cm³/mol. The first-order chi connectivity index (χ1) is 11.0.